The predicted octanol–water partition coefficient (Wildman–Crippen LogP) is 5.01. The molecule has 8 heteroatoms. The van der Waals surface area contributed by atoms with E-state index in [2.05, 4.69) is 16.4 Å². The Kier molecular flexibility index (Phi) is 5.41. The lowest BCUT2D eigenvalue weighted by Gasteiger charge is -2.22. The number of halogens is 1. The topological polar surface area (TPSA) is 103 Å². The van der Waals surface area contributed by atoms with E-state index in [9.17, 15) is 5.26 Å². The van der Waals surface area contributed by atoms with Crippen LogP contribution in [0.15, 0.2) is 48.7 Å². The maximum Gasteiger partial charge on any atom is 0.164 e. The molecule has 0 bridgehead atoms. The Morgan fingerprint density at radius 3 is 2.59 bits per heavy atom. The van der Waals surface area contributed by atoms with Crippen LogP contribution in [-0.4, -0.2) is 31.0 Å². The van der Waals surface area contributed by atoms with E-state index in [1.165, 1.54) is 0 Å². The van der Waals surface area contributed by atoms with Gasteiger partial charge in [-0.2, -0.15) is 10.4 Å². The summed E-state index contributed by atoms with van der Waals surface area (Å²) < 4.78 is 1.68. The molecule has 0 radical (unpaired) electrons. The van der Waals surface area contributed by atoms with Crippen molar-refractivity contribution in [1.29, 1.82) is 10.7 Å². The third-order valence-corrected chi connectivity index (χ3v) is 4.91. The smallest absolute Gasteiger partial charge is 0.164 e. The number of pyridine rings is 1. The van der Waals surface area contributed by atoms with Crippen molar-refractivity contribution in [2.24, 2.45) is 0 Å². The zero-order chi connectivity index (χ0) is 23.0. The normalized spacial score (nSPS) is 11.4. The molecular formula is C24H22ClN7. The van der Waals surface area contributed by atoms with Gasteiger partial charge in [-0.25, -0.2) is 14.5 Å². The van der Waals surface area contributed by atoms with Gasteiger partial charge in [0.1, 0.15) is 22.4 Å². The minimum absolute atomic E-state index is 0.226. The van der Waals surface area contributed by atoms with Crippen molar-refractivity contribution in [1.82, 2.24) is 24.9 Å². The molecule has 0 saturated carbocycles. The minimum atomic E-state index is -0.271. The minimum Gasteiger partial charge on any atom is -0.364 e. The first-order valence-electron chi connectivity index (χ1n) is 10.1. The molecule has 0 amide bonds. The van der Waals surface area contributed by atoms with Crippen LogP contribution in [0.1, 0.15) is 37.7 Å². The number of aromatic nitrogens is 4. The molecule has 0 aliphatic rings. The largest absolute Gasteiger partial charge is 0.364 e. The van der Waals surface area contributed by atoms with E-state index in [4.69, 9.17) is 27.1 Å². The fourth-order valence-corrected chi connectivity index (χ4v) is 3.73. The van der Waals surface area contributed by atoms with Crippen molar-refractivity contribution in [3.63, 3.8) is 0 Å². The van der Waals surface area contributed by atoms with Crippen LogP contribution in [0, 0.1) is 23.7 Å². The zero-order valence-corrected chi connectivity index (χ0v) is 19.0. The molecule has 4 rings (SSSR count). The van der Waals surface area contributed by atoms with Gasteiger partial charge in [0.25, 0.3) is 0 Å². The third kappa shape index (κ3) is 4.32. The molecule has 4 aromatic rings. The van der Waals surface area contributed by atoms with Gasteiger partial charge in [0, 0.05) is 23.0 Å². The molecule has 0 fully saturated rings. The Hall–Kier alpha value is -3.76. The predicted molar refractivity (Wildman–Crippen MR) is 126 cm³/mol. The molecule has 1 aromatic carbocycles. The van der Waals surface area contributed by atoms with Gasteiger partial charge in [0.15, 0.2) is 5.65 Å². The maximum atomic E-state index is 9.35. The van der Waals surface area contributed by atoms with Gasteiger partial charge < -0.3 is 5.32 Å². The highest BCUT2D eigenvalue weighted by Gasteiger charge is 2.21. The first kappa shape index (κ1) is 21.5. The fourth-order valence-electron chi connectivity index (χ4n) is 3.48. The molecule has 0 aliphatic carbocycles. The SMILES string of the molecule is Cc1cc(-c2c(-c3cccc(C#N)c3)nn3ccc(C(=N)NC(C)(C)C)nc23)cc(Cl)n1. The van der Waals surface area contributed by atoms with Gasteiger partial charge in [0.2, 0.25) is 0 Å². The Morgan fingerprint density at radius 1 is 1.12 bits per heavy atom. The molecule has 32 heavy (non-hydrogen) atoms. The van der Waals surface area contributed by atoms with E-state index in [1.807, 2.05) is 45.9 Å². The summed E-state index contributed by atoms with van der Waals surface area (Å²) in [6.45, 7) is 7.85. The van der Waals surface area contributed by atoms with Gasteiger partial charge >= 0.3 is 0 Å². The van der Waals surface area contributed by atoms with E-state index < -0.39 is 0 Å². The average molecular weight is 444 g/mol. The first-order valence-corrected chi connectivity index (χ1v) is 10.4. The second kappa shape index (κ2) is 8.06. The third-order valence-electron chi connectivity index (χ3n) is 4.72. The average Bonchev–Trinajstić information content (AvgIpc) is 3.10. The lowest BCUT2D eigenvalue weighted by atomic mass is 10.00. The number of fused-ring (bicyclic) bond motifs is 1. The second-order valence-corrected chi connectivity index (χ2v) is 8.95. The van der Waals surface area contributed by atoms with Crippen molar-refractivity contribution in [2.75, 3.05) is 0 Å². The summed E-state index contributed by atoms with van der Waals surface area (Å²) in [7, 11) is 0. The Morgan fingerprint density at radius 2 is 1.91 bits per heavy atom. The summed E-state index contributed by atoms with van der Waals surface area (Å²) in [4.78, 5) is 9.04. The molecule has 160 valence electrons. The summed E-state index contributed by atoms with van der Waals surface area (Å²) in [5.41, 5.74) is 5.16. The van der Waals surface area contributed by atoms with Crippen LogP contribution in [0.3, 0.4) is 0 Å². The molecule has 0 saturated heterocycles. The summed E-state index contributed by atoms with van der Waals surface area (Å²) in [5.74, 6) is 0.226. The van der Waals surface area contributed by atoms with Gasteiger partial charge in [0.05, 0.1) is 17.2 Å². The molecule has 0 spiro atoms. The number of amidine groups is 1. The lowest BCUT2D eigenvalue weighted by molar-refractivity contribution is 0.510. The van der Waals surface area contributed by atoms with Crippen LogP contribution in [0.2, 0.25) is 5.15 Å². The fraction of sp³-hybridized carbons (Fsp3) is 0.208. The van der Waals surface area contributed by atoms with Gasteiger partial charge in [-0.15, -0.1) is 0 Å². The maximum absolute atomic E-state index is 9.35. The van der Waals surface area contributed by atoms with Crippen LogP contribution in [-0.2, 0) is 0 Å². The van der Waals surface area contributed by atoms with Crippen molar-refractivity contribution < 1.29 is 0 Å². The molecule has 0 unspecified atom stereocenters. The Balaban J connectivity index is 1.99. The molecule has 3 aromatic heterocycles. The molecule has 7 nitrogen and oxygen atoms in total. The summed E-state index contributed by atoms with van der Waals surface area (Å²) in [6, 6.07) is 14.9. The van der Waals surface area contributed by atoms with Gasteiger partial charge in [-0.05, 0) is 63.6 Å². The highest BCUT2D eigenvalue weighted by molar-refractivity contribution is 6.29. The number of nitrogens with one attached hydrogen (secondary N) is 2. The number of benzene rings is 1. The van der Waals surface area contributed by atoms with Crippen molar-refractivity contribution in [3.05, 3.63) is 70.8 Å². The van der Waals surface area contributed by atoms with Crippen LogP contribution in [0.5, 0.6) is 0 Å². The Labute approximate surface area is 191 Å². The summed E-state index contributed by atoms with van der Waals surface area (Å²) in [5, 5.41) is 26.1. The zero-order valence-electron chi connectivity index (χ0n) is 18.2. The first-order chi connectivity index (χ1) is 15.1. The standard InChI is InChI=1S/C24H22ClN7/c1-14-10-17(12-19(25)28-14)20-21(16-7-5-6-15(11-16)13-26)31-32-9-8-18(29-23(20)32)22(27)30-24(2,3)4/h5-12H,1-4H3,(H2,27,30). The van der Waals surface area contributed by atoms with Crippen molar-refractivity contribution >= 4 is 23.1 Å². The van der Waals surface area contributed by atoms with E-state index in [0.717, 1.165) is 22.4 Å². The molecule has 0 atom stereocenters. The summed E-state index contributed by atoms with van der Waals surface area (Å²) in [6.07, 6.45) is 1.79. The molecular weight excluding hydrogens is 422 g/mol. The number of hydrogen-bond acceptors (Lipinski definition) is 5. The van der Waals surface area contributed by atoms with E-state index in [0.29, 0.717) is 27.8 Å². The molecule has 2 N–H and O–H groups in total. The number of aryl methyl sites for hydroxylation is 1. The van der Waals surface area contributed by atoms with Crippen LogP contribution >= 0.6 is 11.6 Å². The monoisotopic (exact) mass is 443 g/mol. The van der Waals surface area contributed by atoms with E-state index in [1.54, 1.807) is 35.0 Å². The van der Waals surface area contributed by atoms with Gasteiger partial charge in [-0.3, -0.25) is 5.41 Å². The van der Waals surface area contributed by atoms with Crippen LogP contribution < -0.4 is 5.32 Å². The molecule has 0 aliphatic heterocycles. The number of rotatable bonds is 3. The highest BCUT2D eigenvalue weighted by Crippen LogP contribution is 2.36. The highest BCUT2D eigenvalue weighted by atomic mass is 35.5. The van der Waals surface area contributed by atoms with Crippen LogP contribution in [0.25, 0.3) is 28.0 Å². The van der Waals surface area contributed by atoms with Crippen LogP contribution in [0.4, 0.5) is 0 Å². The quantitative estimate of drug-likeness (QED) is 0.263. The molecule has 3 heterocycles. The lowest BCUT2D eigenvalue weighted by Crippen LogP contribution is -2.41. The van der Waals surface area contributed by atoms with Crippen molar-refractivity contribution in [2.45, 2.75) is 33.2 Å². The van der Waals surface area contributed by atoms with Crippen molar-refractivity contribution in [3.8, 4) is 28.5 Å². The summed E-state index contributed by atoms with van der Waals surface area (Å²) >= 11 is 6.27. The number of nitrogens with zero attached hydrogens (tertiary/aromatic N) is 5. The number of hydrogen-bond donors (Lipinski definition) is 2. The second-order valence-electron chi connectivity index (χ2n) is 8.57. The van der Waals surface area contributed by atoms with E-state index >= 15 is 0 Å². The van der Waals surface area contributed by atoms with E-state index in [-0.39, 0.29) is 11.4 Å². The number of nitriles is 1. The Bertz CT molecular complexity index is 1370. The van der Waals surface area contributed by atoms with Gasteiger partial charge in [-0.1, -0.05) is 23.7 Å².